The van der Waals surface area contributed by atoms with Gasteiger partial charge in [0.25, 0.3) is 0 Å². The predicted octanol–water partition coefficient (Wildman–Crippen LogP) is 2.47. The van der Waals surface area contributed by atoms with Crippen molar-refractivity contribution in [2.45, 2.75) is 38.3 Å². The molecular weight excluding hydrogens is 266 g/mol. The van der Waals surface area contributed by atoms with Crippen LogP contribution in [0.2, 0.25) is 0 Å². The van der Waals surface area contributed by atoms with Gasteiger partial charge in [-0.05, 0) is 62.7 Å². The van der Waals surface area contributed by atoms with Crippen LogP contribution in [0.3, 0.4) is 0 Å². The first-order chi connectivity index (χ1) is 9.70. The number of aryl methyl sites for hydroxylation is 1. The number of likely N-dealkylation sites (tertiary alicyclic amines) is 2. The molecule has 4 heteroatoms. The van der Waals surface area contributed by atoms with Crippen molar-refractivity contribution in [3.05, 3.63) is 21.9 Å². The Morgan fingerprint density at radius 1 is 1.40 bits per heavy atom. The number of piperidine rings is 2. The highest BCUT2D eigenvalue weighted by molar-refractivity contribution is 7.10. The zero-order chi connectivity index (χ0) is 14.1. The second kappa shape index (κ2) is 6.14. The van der Waals surface area contributed by atoms with E-state index >= 15 is 0 Å². The Morgan fingerprint density at radius 3 is 2.95 bits per heavy atom. The first-order valence-electron chi connectivity index (χ1n) is 7.89. The highest BCUT2D eigenvalue weighted by Crippen LogP contribution is 2.35. The van der Waals surface area contributed by atoms with E-state index in [2.05, 4.69) is 35.2 Å². The zero-order valence-corrected chi connectivity index (χ0v) is 13.5. The van der Waals surface area contributed by atoms with E-state index in [1.54, 1.807) is 0 Å². The molecule has 3 heterocycles. The molecule has 2 fully saturated rings. The Bertz CT molecular complexity index is 445. The smallest absolute Gasteiger partial charge is 0.0567 e. The SMILES string of the molecule is Cc1ccsc1C(CN)N1CCC2C(CCCN2C)C1. The summed E-state index contributed by atoms with van der Waals surface area (Å²) in [6.45, 7) is 6.68. The topological polar surface area (TPSA) is 32.5 Å². The molecule has 1 aromatic rings. The van der Waals surface area contributed by atoms with Crippen LogP contribution < -0.4 is 5.73 Å². The van der Waals surface area contributed by atoms with Gasteiger partial charge in [-0.2, -0.15) is 0 Å². The normalized spacial score (nSPS) is 30.1. The van der Waals surface area contributed by atoms with Crippen LogP contribution in [-0.4, -0.2) is 49.1 Å². The molecule has 0 amide bonds. The van der Waals surface area contributed by atoms with Crippen molar-refractivity contribution >= 4 is 11.3 Å². The fourth-order valence-electron chi connectivity index (χ4n) is 4.11. The van der Waals surface area contributed by atoms with Crippen LogP contribution in [0.15, 0.2) is 11.4 Å². The predicted molar refractivity (Wildman–Crippen MR) is 86.2 cm³/mol. The van der Waals surface area contributed by atoms with Crippen LogP contribution in [0.4, 0.5) is 0 Å². The Labute approximate surface area is 126 Å². The minimum atomic E-state index is 0.434. The lowest BCUT2D eigenvalue weighted by molar-refractivity contribution is 0.0216. The zero-order valence-electron chi connectivity index (χ0n) is 12.7. The molecule has 0 saturated carbocycles. The molecule has 2 N–H and O–H groups in total. The van der Waals surface area contributed by atoms with E-state index in [4.69, 9.17) is 5.73 Å². The van der Waals surface area contributed by atoms with Crippen LogP contribution >= 0.6 is 11.3 Å². The summed E-state index contributed by atoms with van der Waals surface area (Å²) in [6.07, 6.45) is 4.06. The second-order valence-electron chi connectivity index (χ2n) is 6.45. The van der Waals surface area contributed by atoms with E-state index in [0.717, 1.165) is 18.5 Å². The average molecular weight is 293 g/mol. The average Bonchev–Trinajstić information content (AvgIpc) is 2.86. The molecule has 0 bridgehead atoms. The summed E-state index contributed by atoms with van der Waals surface area (Å²) in [5, 5.41) is 2.20. The summed E-state index contributed by atoms with van der Waals surface area (Å²) >= 11 is 1.87. The third-order valence-corrected chi connectivity index (χ3v) is 6.37. The Kier molecular flexibility index (Phi) is 4.46. The minimum Gasteiger partial charge on any atom is -0.329 e. The van der Waals surface area contributed by atoms with Crippen molar-refractivity contribution in [2.75, 3.05) is 33.2 Å². The van der Waals surface area contributed by atoms with Crippen LogP contribution in [0.1, 0.15) is 35.7 Å². The van der Waals surface area contributed by atoms with Crippen molar-refractivity contribution in [1.29, 1.82) is 0 Å². The monoisotopic (exact) mass is 293 g/mol. The molecular formula is C16H27N3S. The highest BCUT2D eigenvalue weighted by Gasteiger charge is 2.36. The Morgan fingerprint density at radius 2 is 2.25 bits per heavy atom. The van der Waals surface area contributed by atoms with E-state index in [1.165, 1.54) is 49.3 Å². The molecule has 1 aromatic heterocycles. The fraction of sp³-hybridized carbons (Fsp3) is 0.750. The van der Waals surface area contributed by atoms with Gasteiger partial charge >= 0.3 is 0 Å². The van der Waals surface area contributed by atoms with Gasteiger partial charge < -0.3 is 10.6 Å². The first-order valence-corrected chi connectivity index (χ1v) is 8.77. The molecule has 3 nitrogen and oxygen atoms in total. The number of hydrogen-bond donors (Lipinski definition) is 1. The van der Waals surface area contributed by atoms with Crippen LogP contribution in [0, 0.1) is 12.8 Å². The molecule has 3 atom stereocenters. The van der Waals surface area contributed by atoms with Crippen molar-refractivity contribution in [2.24, 2.45) is 11.7 Å². The Hall–Kier alpha value is -0.420. The molecule has 3 rings (SSSR count). The minimum absolute atomic E-state index is 0.434. The van der Waals surface area contributed by atoms with Crippen molar-refractivity contribution in [1.82, 2.24) is 9.80 Å². The lowest BCUT2D eigenvalue weighted by Gasteiger charge is -2.47. The number of hydrogen-bond acceptors (Lipinski definition) is 4. The molecule has 0 aromatic carbocycles. The van der Waals surface area contributed by atoms with E-state index in [9.17, 15) is 0 Å². The van der Waals surface area contributed by atoms with Crippen LogP contribution in [0.5, 0.6) is 0 Å². The van der Waals surface area contributed by atoms with Gasteiger partial charge in [0.1, 0.15) is 0 Å². The molecule has 0 aliphatic carbocycles. The molecule has 0 spiro atoms. The van der Waals surface area contributed by atoms with E-state index in [-0.39, 0.29) is 0 Å². The summed E-state index contributed by atoms with van der Waals surface area (Å²) in [5.41, 5.74) is 7.52. The van der Waals surface area contributed by atoms with Gasteiger partial charge in [0.2, 0.25) is 0 Å². The summed E-state index contributed by atoms with van der Waals surface area (Å²) in [6, 6.07) is 3.47. The highest BCUT2D eigenvalue weighted by atomic mass is 32.1. The van der Waals surface area contributed by atoms with Gasteiger partial charge in [0.05, 0.1) is 6.04 Å². The third kappa shape index (κ3) is 2.67. The van der Waals surface area contributed by atoms with Crippen molar-refractivity contribution in [3.63, 3.8) is 0 Å². The maximum atomic E-state index is 6.11. The first kappa shape index (κ1) is 14.5. The number of nitrogens with zero attached hydrogens (tertiary/aromatic N) is 2. The molecule has 112 valence electrons. The lowest BCUT2D eigenvalue weighted by atomic mass is 9.83. The molecule has 2 saturated heterocycles. The van der Waals surface area contributed by atoms with E-state index < -0.39 is 0 Å². The number of rotatable bonds is 3. The summed E-state index contributed by atoms with van der Waals surface area (Å²) in [5.74, 6) is 0.844. The van der Waals surface area contributed by atoms with E-state index in [1.807, 2.05) is 11.3 Å². The number of fused-ring (bicyclic) bond motifs is 1. The van der Waals surface area contributed by atoms with Gasteiger partial charge in [-0.15, -0.1) is 11.3 Å². The second-order valence-corrected chi connectivity index (χ2v) is 7.40. The molecule has 2 aliphatic rings. The maximum Gasteiger partial charge on any atom is 0.0567 e. The van der Waals surface area contributed by atoms with Crippen molar-refractivity contribution in [3.8, 4) is 0 Å². The van der Waals surface area contributed by atoms with Gasteiger partial charge in [0, 0.05) is 30.6 Å². The van der Waals surface area contributed by atoms with Crippen molar-refractivity contribution < 1.29 is 0 Å². The van der Waals surface area contributed by atoms with Crippen LogP contribution in [0.25, 0.3) is 0 Å². The molecule has 3 unspecified atom stereocenters. The third-order valence-electron chi connectivity index (χ3n) is 5.25. The molecule has 20 heavy (non-hydrogen) atoms. The quantitative estimate of drug-likeness (QED) is 0.929. The molecule has 2 aliphatic heterocycles. The number of thiophene rings is 1. The summed E-state index contributed by atoms with van der Waals surface area (Å²) < 4.78 is 0. The maximum absolute atomic E-state index is 6.11. The number of nitrogens with two attached hydrogens (primary N) is 1. The van der Waals surface area contributed by atoms with Gasteiger partial charge in [-0.25, -0.2) is 0 Å². The standard InChI is InChI=1S/C16H27N3S/c1-12-6-9-20-16(12)15(10-17)19-8-5-14-13(11-19)4-3-7-18(14)2/h6,9,13-15H,3-5,7-8,10-11,17H2,1-2H3. The van der Waals surface area contributed by atoms with Crippen LogP contribution in [-0.2, 0) is 0 Å². The summed E-state index contributed by atoms with van der Waals surface area (Å²) in [7, 11) is 2.30. The Balaban J connectivity index is 1.73. The largest absolute Gasteiger partial charge is 0.329 e. The van der Waals surface area contributed by atoms with Gasteiger partial charge in [-0.1, -0.05) is 0 Å². The fourth-order valence-corrected chi connectivity index (χ4v) is 5.19. The molecule has 0 radical (unpaired) electrons. The van der Waals surface area contributed by atoms with E-state index in [0.29, 0.717) is 6.04 Å². The van der Waals surface area contributed by atoms with Gasteiger partial charge in [0.15, 0.2) is 0 Å². The van der Waals surface area contributed by atoms with Gasteiger partial charge in [-0.3, -0.25) is 4.90 Å². The lowest BCUT2D eigenvalue weighted by Crippen LogP contribution is -2.53. The summed E-state index contributed by atoms with van der Waals surface area (Å²) in [4.78, 5) is 6.72.